The number of fused-ring (bicyclic) bond motifs is 3. The molecule has 0 bridgehead atoms. The Balaban J connectivity index is 1.79. The lowest BCUT2D eigenvalue weighted by molar-refractivity contribution is -0.0381. The Labute approximate surface area is 130 Å². The predicted molar refractivity (Wildman–Crippen MR) is 85.7 cm³/mol. The van der Waals surface area contributed by atoms with Crippen molar-refractivity contribution in [2.45, 2.75) is 25.0 Å². The summed E-state index contributed by atoms with van der Waals surface area (Å²) in [7, 11) is 0. The van der Waals surface area contributed by atoms with E-state index in [-0.39, 0.29) is 6.10 Å². The third-order valence-electron chi connectivity index (χ3n) is 4.59. The second kappa shape index (κ2) is 5.36. The third-order valence-corrected chi connectivity index (χ3v) is 4.82. The molecule has 0 radical (unpaired) electrons. The molecule has 108 valence electrons. The molecule has 0 amide bonds. The molecule has 3 atom stereocenters. The molecular formula is C18H18ClNO. The summed E-state index contributed by atoms with van der Waals surface area (Å²) < 4.78 is 6.12. The lowest BCUT2D eigenvalue weighted by atomic mass is 9.77. The van der Waals surface area contributed by atoms with E-state index in [9.17, 15) is 0 Å². The van der Waals surface area contributed by atoms with Crippen molar-refractivity contribution in [2.24, 2.45) is 5.92 Å². The second-order valence-corrected chi connectivity index (χ2v) is 6.30. The van der Waals surface area contributed by atoms with Gasteiger partial charge in [0, 0.05) is 28.8 Å². The zero-order valence-electron chi connectivity index (χ0n) is 11.8. The molecule has 0 spiro atoms. The first-order valence-corrected chi connectivity index (χ1v) is 7.93. The Morgan fingerprint density at radius 1 is 1.10 bits per heavy atom. The van der Waals surface area contributed by atoms with Crippen LogP contribution in [0.2, 0.25) is 5.02 Å². The van der Waals surface area contributed by atoms with Crippen molar-refractivity contribution in [3.8, 4) is 0 Å². The van der Waals surface area contributed by atoms with Gasteiger partial charge in [-0.1, -0.05) is 48.0 Å². The van der Waals surface area contributed by atoms with Crippen LogP contribution in [0.4, 0.5) is 5.69 Å². The summed E-state index contributed by atoms with van der Waals surface area (Å²) in [6.07, 6.45) is 2.51. The molecule has 1 saturated heterocycles. The number of anilines is 1. The van der Waals surface area contributed by atoms with Crippen molar-refractivity contribution in [3.63, 3.8) is 0 Å². The van der Waals surface area contributed by atoms with Crippen LogP contribution in [0.5, 0.6) is 0 Å². The molecule has 2 aromatic rings. The van der Waals surface area contributed by atoms with Crippen molar-refractivity contribution in [3.05, 3.63) is 64.7 Å². The van der Waals surface area contributed by atoms with Crippen LogP contribution in [0.3, 0.4) is 0 Å². The zero-order chi connectivity index (χ0) is 14.2. The molecule has 2 aliphatic rings. The molecule has 2 heterocycles. The number of hydrogen-bond donors (Lipinski definition) is 1. The fourth-order valence-corrected chi connectivity index (χ4v) is 3.81. The SMILES string of the molecule is Clc1ccc2c(c1)N[C@H](c1ccccc1)[C@@H]1CCCO[C@H]21. The summed E-state index contributed by atoms with van der Waals surface area (Å²) in [5.41, 5.74) is 3.68. The van der Waals surface area contributed by atoms with E-state index in [2.05, 4.69) is 41.7 Å². The zero-order valence-corrected chi connectivity index (χ0v) is 12.5. The lowest BCUT2D eigenvalue weighted by Gasteiger charge is -2.43. The molecule has 0 aromatic heterocycles. The van der Waals surface area contributed by atoms with Crippen LogP contribution in [0.25, 0.3) is 0 Å². The van der Waals surface area contributed by atoms with E-state index in [0.717, 1.165) is 23.7 Å². The first-order valence-electron chi connectivity index (χ1n) is 7.55. The van der Waals surface area contributed by atoms with Crippen LogP contribution in [-0.2, 0) is 4.74 Å². The molecule has 0 unspecified atom stereocenters. The van der Waals surface area contributed by atoms with Gasteiger partial charge in [-0.15, -0.1) is 0 Å². The monoisotopic (exact) mass is 299 g/mol. The minimum atomic E-state index is 0.178. The maximum Gasteiger partial charge on any atom is 0.0895 e. The Kier molecular flexibility index (Phi) is 3.36. The van der Waals surface area contributed by atoms with E-state index in [1.165, 1.54) is 17.5 Å². The normalized spacial score (nSPS) is 27.4. The summed E-state index contributed by atoms with van der Waals surface area (Å²) in [5, 5.41) is 4.45. The molecule has 2 aromatic carbocycles. The largest absolute Gasteiger partial charge is 0.377 e. The highest BCUT2D eigenvalue weighted by Crippen LogP contribution is 2.49. The van der Waals surface area contributed by atoms with Crippen LogP contribution < -0.4 is 5.32 Å². The quantitative estimate of drug-likeness (QED) is 0.802. The molecule has 2 aliphatic heterocycles. The highest BCUT2D eigenvalue weighted by Gasteiger charge is 2.39. The van der Waals surface area contributed by atoms with E-state index >= 15 is 0 Å². The van der Waals surface area contributed by atoms with E-state index < -0.39 is 0 Å². The molecule has 3 heteroatoms. The van der Waals surface area contributed by atoms with Gasteiger partial charge in [0.2, 0.25) is 0 Å². The fraction of sp³-hybridized carbons (Fsp3) is 0.333. The van der Waals surface area contributed by atoms with E-state index in [1.807, 2.05) is 12.1 Å². The van der Waals surface area contributed by atoms with E-state index in [4.69, 9.17) is 16.3 Å². The lowest BCUT2D eigenvalue weighted by Crippen LogP contribution is -2.35. The summed E-state index contributed by atoms with van der Waals surface area (Å²) >= 11 is 6.16. The molecule has 21 heavy (non-hydrogen) atoms. The van der Waals surface area contributed by atoms with Crippen molar-refractivity contribution in [1.82, 2.24) is 0 Å². The van der Waals surface area contributed by atoms with Gasteiger partial charge in [0.1, 0.15) is 0 Å². The number of hydrogen-bond acceptors (Lipinski definition) is 2. The molecule has 1 N–H and O–H groups in total. The highest BCUT2D eigenvalue weighted by atomic mass is 35.5. The van der Waals surface area contributed by atoms with Crippen LogP contribution in [-0.4, -0.2) is 6.61 Å². The molecule has 0 saturated carbocycles. The third kappa shape index (κ3) is 2.33. The number of benzene rings is 2. The Hall–Kier alpha value is -1.51. The van der Waals surface area contributed by atoms with Gasteiger partial charge in [-0.05, 0) is 30.5 Å². The molecule has 1 fully saturated rings. The van der Waals surface area contributed by atoms with Gasteiger partial charge in [-0.25, -0.2) is 0 Å². The van der Waals surface area contributed by atoms with Gasteiger partial charge in [-0.2, -0.15) is 0 Å². The molecule has 0 aliphatic carbocycles. The van der Waals surface area contributed by atoms with E-state index in [1.54, 1.807) is 0 Å². The van der Waals surface area contributed by atoms with Gasteiger partial charge >= 0.3 is 0 Å². The topological polar surface area (TPSA) is 21.3 Å². The van der Waals surface area contributed by atoms with Crippen molar-refractivity contribution in [1.29, 1.82) is 0 Å². The molecule has 4 rings (SSSR count). The first kappa shape index (κ1) is 13.2. The maximum absolute atomic E-state index is 6.16. The van der Waals surface area contributed by atoms with Gasteiger partial charge in [0.15, 0.2) is 0 Å². The van der Waals surface area contributed by atoms with Crippen LogP contribution in [0.15, 0.2) is 48.5 Å². The van der Waals surface area contributed by atoms with E-state index in [0.29, 0.717) is 12.0 Å². The number of rotatable bonds is 1. The average Bonchev–Trinajstić information content (AvgIpc) is 2.54. The minimum Gasteiger partial charge on any atom is -0.377 e. The minimum absolute atomic E-state index is 0.178. The van der Waals surface area contributed by atoms with Gasteiger partial charge in [0.25, 0.3) is 0 Å². The van der Waals surface area contributed by atoms with Crippen molar-refractivity contribution in [2.75, 3.05) is 11.9 Å². The predicted octanol–water partition coefficient (Wildman–Crippen LogP) is 4.97. The Morgan fingerprint density at radius 2 is 1.95 bits per heavy atom. The first-order chi connectivity index (χ1) is 10.3. The van der Waals surface area contributed by atoms with Crippen LogP contribution in [0, 0.1) is 5.92 Å². The van der Waals surface area contributed by atoms with Gasteiger partial charge < -0.3 is 10.1 Å². The summed E-state index contributed by atoms with van der Waals surface area (Å²) in [5.74, 6) is 0.481. The summed E-state index contributed by atoms with van der Waals surface area (Å²) in [4.78, 5) is 0. The molecular weight excluding hydrogens is 282 g/mol. The standard InChI is InChI=1S/C18H18ClNO/c19-13-8-9-14-16(11-13)20-17(12-5-2-1-3-6-12)15-7-4-10-21-18(14)15/h1-3,5-6,8-9,11,15,17-18,20H,4,7,10H2/t15-,17+,18+/m0/s1. The van der Waals surface area contributed by atoms with Gasteiger partial charge in [-0.3, -0.25) is 0 Å². The maximum atomic E-state index is 6.16. The average molecular weight is 300 g/mol. The number of nitrogens with one attached hydrogen (secondary N) is 1. The Morgan fingerprint density at radius 3 is 2.81 bits per heavy atom. The van der Waals surface area contributed by atoms with Crippen LogP contribution in [0.1, 0.15) is 36.1 Å². The number of ether oxygens (including phenoxy) is 1. The fourth-order valence-electron chi connectivity index (χ4n) is 3.63. The van der Waals surface area contributed by atoms with Crippen molar-refractivity contribution < 1.29 is 4.74 Å². The Bertz CT molecular complexity index is 643. The molecule has 2 nitrogen and oxygen atoms in total. The number of halogens is 1. The smallest absolute Gasteiger partial charge is 0.0895 e. The summed E-state index contributed by atoms with van der Waals surface area (Å²) in [6.45, 7) is 0.852. The van der Waals surface area contributed by atoms with Crippen LogP contribution >= 0.6 is 11.6 Å². The van der Waals surface area contributed by atoms with Crippen molar-refractivity contribution >= 4 is 17.3 Å². The second-order valence-electron chi connectivity index (χ2n) is 5.86. The summed E-state index contributed by atoms with van der Waals surface area (Å²) in [6, 6.07) is 17.0. The highest BCUT2D eigenvalue weighted by molar-refractivity contribution is 6.30. The van der Waals surface area contributed by atoms with Gasteiger partial charge in [0.05, 0.1) is 12.1 Å².